The molecule has 0 aliphatic carbocycles. The second-order valence-corrected chi connectivity index (χ2v) is 2.37. The molecular formula is C4H6NS. The molecule has 33 valence electrons. The van der Waals surface area contributed by atoms with E-state index in [0.717, 1.165) is 0 Å². The van der Waals surface area contributed by atoms with Crippen molar-refractivity contribution in [2.45, 2.75) is 12.2 Å². The van der Waals surface area contributed by atoms with Crippen LogP contribution in [0.3, 0.4) is 0 Å². The molecule has 1 aliphatic heterocycles. The summed E-state index contributed by atoms with van der Waals surface area (Å²) in [5, 5.41) is 0.546. The van der Waals surface area contributed by atoms with Crippen molar-refractivity contribution in [1.82, 2.24) is 4.72 Å². The molecule has 1 aliphatic rings. The minimum absolute atomic E-state index is 0.546. The third kappa shape index (κ3) is 0.684. The number of nitrogens with one attached hydrogen (secondary N) is 1. The third-order valence-corrected chi connectivity index (χ3v) is 1.37. The minimum Gasteiger partial charge on any atom is -0.336 e. The van der Waals surface area contributed by atoms with Gasteiger partial charge in [-0.05, 0) is 24.9 Å². The van der Waals surface area contributed by atoms with Crippen LogP contribution in [-0.2, 0) is 0 Å². The van der Waals surface area contributed by atoms with E-state index in [9.17, 15) is 0 Å². The van der Waals surface area contributed by atoms with Crippen LogP contribution >= 0.6 is 11.9 Å². The Morgan fingerprint density at radius 3 is 3.00 bits per heavy atom. The molecule has 0 saturated heterocycles. The number of hydrogen-bond donors (Lipinski definition) is 1. The van der Waals surface area contributed by atoms with Gasteiger partial charge in [0.1, 0.15) is 0 Å². The van der Waals surface area contributed by atoms with Crippen LogP contribution in [-0.4, -0.2) is 5.25 Å². The van der Waals surface area contributed by atoms with E-state index in [1.54, 1.807) is 11.9 Å². The Labute approximate surface area is 41.9 Å². The van der Waals surface area contributed by atoms with Crippen LogP contribution in [0.25, 0.3) is 0 Å². The summed E-state index contributed by atoms with van der Waals surface area (Å²) in [5.41, 5.74) is 0. The lowest BCUT2D eigenvalue weighted by Crippen LogP contribution is -1.87. The van der Waals surface area contributed by atoms with E-state index in [0.29, 0.717) is 5.25 Å². The van der Waals surface area contributed by atoms with Crippen molar-refractivity contribution in [3.63, 3.8) is 0 Å². The van der Waals surface area contributed by atoms with E-state index >= 15 is 0 Å². The SMILES string of the molecule is CC1[C]=CNS1. The van der Waals surface area contributed by atoms with Crippen LogP contribution in [0.15, 0.2) is 6.20 Å². The van der Waals surface area contributed by atoms with Crippen molar-refractivity contribution in [1.29, 1.82) is 0 Å². The lowest BCUT2D eigenvalue weighted by atomic mass is 10.5. The number of rotatable bonds is 0. The zero-order chi connectivity index (χ0) is 4.41. The Hall–Kier alpha value is -0.110. The summed E-state index contributed by atoms with van der Waals surface area (Å²) in [6.07, 6.45) is 4.89. The molecule has 1 heterocycles. The molecule has 1 N–H and O–H groups in total. The normalized spacial score (nSPS) is 30.5. The van der Waals surface area contributed by atoms with Crippen LogP contribution < -0.4 is 4.72 Å². The minimum atomic E-state index is 0.546. The molecule has 0 aromatic rings. The molecule has 0 aromatic carbocycles. The molecule has 1 radical (unpaired) electrons. The molecular weight excluding hydrogens is 94.1 g/mol. The van der Waals surface area contributed by atoms with Gasteiger partial charge < -0.3 is 4.72 Å². The fourth-order valence-corrected chi connectivity index (χ4v) is 0.798. The highest BCUT2D eigenvalue weighted by Crippen LogP contribution is 2.10. The van der Waals surface area contributed by atoms with E-state index < -0.39 is 0 Å². The van der Waals surface area contributed by atoms with E-state index in [-0.39, 0.29) is 0 Å². The van der Waals surface area contributed by atoms with Gasteiger partial charge in [-0.15, -0.1) is 0 Å². The standard InChI is InChI=1S/C4H6NS/c1-4-2-3-5-6-4/h3-5H,1H3. The van der Waals surface area contributed by atoms with Crippen molar-refractivity contribution < 1.29 is 0 Å². The predicted octanol–water partition coefficient (Wildman–Crippen LogP) is 0.943. The molecule has 1 atom stereocenters. The van der Waals surface area contributed by atoms with Crippen LogP contribution in [0.2, 0.25) is 0 Å². The highest BCUT2D eigenvalue weighted by Gasteiger charge is 1.99. The van der Waals surface area contributed by atoms with Crippen molar-refractivity contribution in [2.75, 3.05) is 0 Å². The average molecular weight is 100 g/mol. The maximum absolute atomic E-state index is 3.05. The summed E-state index contributed by atoms with van der Waals surface area (Å²) in [6, 6.07) is 0. The Morgan fingerprint density at radius 1 is 2.00 bits per heavy atom. The predicted molar refractivity (Wildman–Crippen MR) is 28.0 cm³/mol. The van der Waals surface area contributed by atoms with Crippen molar-refractivity contribution >= 4 is 11.9 Å². The lowest BCUT2D eigenvalue weighted by molar-refractivity contribution is 1.23. The number of hydrogen-bond acceptors (Lipinski definition) is 2. The summed E-state index contributed by atoms with van der Waals surface area (Å²) >= 11 is 1.68. The monoisotopic (exact) mass is 100 g/mol. The molecule has 1 nitrogen and oxygen atoms in total. The molecule has 0 fully saturated rings. The Morgan fingerprint density at radius 2 is 2.83 bits per heavy atom. The first-order valence-corrected chi connectivity index (χ1v) is 2.76. The molecule has 6 heavy (non-hydrogen) atoms. The van der Waals surface area contributed by atoms with E-state index in [1.165, 1.54) is 0 Å². The van der Waals surface area contributed by atoms with Crippen LogP contribution in [0, 0.1) is 6.08 Å². The van der Waals surface area contributed by atoms with Gasteiger partial charge >= 0.3 is 0 Å². The van der Waals surface area contributed by atoms with Crippen molar-refractivity contribution in [3.8, 4) is 0 Å². The highest BCUT2D eigenvalue weighted by atomic mass is 32.2. The summed E-state index contributed by atoms with van der Waals surface area (Å²) in [7, 11) is 0. The van der Waals surface area contributed by atoms with Crippen molar-refractivity contribution in [3.05, 3.63) is 12.3 Å². The molecule has 0 saturated carbocycles. The van der Waals surface area contributed by atoms with Gasteiger partial charge in [0.2, 0.25) is 0 Å². The fraction of sp³-hybridized carbons (Fsp3) is 0.500. The molecule has 0 amide bonds. The van der Waals surface area contributed by atoms with Gasteiger partial charge in [-0.3, -0.25) is 0 Å². The van der Waals surface area contributed by atoms with Gasteiger partial charge in [0, 0.05) is 11.4 Å². The lowest BCUT2D eigenvalue weighted by Gasteiger charge is -1.89. The van der Waals surface area contributed by atoms with Crippen LogP contribution in [0.5, 0.6) is 0 Å². The smallest absolute Gasteiger partial charge is 0.0485 e. The summed E-state index contributed by atoms with van der Waals surface area (Å²) < 4.78 is 2.95. The van der Waals surface area contributed by atoms with Gasteiger partial charge in [-0.2, -0.15) is 0 Å². The Bertz CT molecular complexity index is 69.9. The first kappa shape index (κ1) is 4.06. The quantitative estimate of drug-likeness (QED) is 0.455. The molecule has 2 heteroatoms. The summed E-state index contributed by atoms with van der Waals surface area (Å²) in [5.74, 6) is 0. The van der Waals surface area contributed by atoms with Crippen molar-refractivity contribution in [2.24, 2.45) is 0 Å². The molecule has 0 spiro atoms. The molecule has 0 aromatic heterocycles. The van der Waals surface area contributed by atoms with Crippen LogP contribution in [0.1, 0.15) is 6.92 Å². The zero-order valence-electron chi connectivity index (χ0n) is 3.56. The first-order valence-electron chi connectivity index (χ1n) is 1.88. The van der Waals surface area contributed by atoms with Gasteiger partial charge in [0.05, 0.1) is 0 Å². The first-order chi connectivity index (χ1) is 2.89. The molecule has 1 unspecified atom stereocenters. The molecule has 0 bridgehead atoms. The zero-order valence-corrected chi connectivity index (χ0v) is 4.38. The Kier molecular flexibility index (Phi) is 1.05. The second-order valence-electron chi connectivity index (χ2n) is 1.19. The largest absolute Gasteiger partial charge is 0.336 e. The summed E-state index contributed by atoms with van der Waals surface area (Å²) in [4.78, 5) is 0. The second kappa shape index (κ2) is 1.56. The molecule has 1 rings (SSSR count). The highest BCUT2D eigenvalue weighted by molar-refractivity contribution is 7.98. The topological polar surface area (TPSA) is 12.0 Å². The van der Waals surface area contributed by atoms with Gasteiger partial charge in [-0.1, -0.05) is 0 Å². The maximum Gasteiger partial charge on any atom is 0.0485 e. The Balaban J connectivity index is 2.38. The third-order valence-electron chi connectivity index (χ3n) is 0.622. The van der Waals surface area contributed by atoms with E-state index in [1.807, 2.05) is 6.20 Å². The summed E-state index contributed by atoms with van der Waals surface area (Å²) in [6.45, 7) is 2.10. The van der Waals surface area contributed by atoms with E-state index in [2.05, 4.69) is 17.7 Å². The fourth-order valence-electron chi connectivity index (χ4n) is 0.321. The van der Waals surface area contributed by atoms with Gasteiger partial charge in [0.25, 0.3) is 0 Å². The van der Waals surface area contributed by atoms with Gasteiger partial charge in [-0.25, -0.2) is 0 Å². The average Bonchev–Trinajstić information content (AvgIpc) is 1.86. The van der Waals surface area contributed by atoms with Gasteiger partial charge in [0.15, 0.2) is 0 Å². The van der Waals surface area contributed by atoms with Crippen LogP contribution in [0.4, 0.5) is 0 Å². The maximum atomic E-state index is 3.05. The van der Waals surface area contributed by atoms with E-state index in [4.69, 9.17) is 0 Å².